The summed E-state index contributed by atoms with van der Waals surface area (Å²) in [5, 5.41) is 9.91. The second-order valence-electron chi connectivity index (χ2n) is 10.1. The van der Waals surface area contributed by atoms with Crippen LogP contribution in [0.15, 0.2) is 36.8 Å². The predicted octanol–water partition coefficient (Wildman–Crippen LogP) is 5.18. The quantitative estimate of drug-likeness (QED) is 0.391. The summed E-state index contributed by atoms with van der Waals surface area (Å²) >= 11 is 0. The minimum Gasteiger partial charge on any atom is -0.367 e. The molecular weight excluding hydrogens is 400 g/mol. The van der Waals surface area contributed by atoms with Crippen molar-refractivity contribution in [2.24, 2.45) is 17.1 Å². The molecule has 1 atom stereocenters. The van der Waals surface area contributed by atoms with Gasteiger partial charge in [0.15, 0.2) is 0 Å². The fraction of sp³-hybridized carbons (Fsp3) is 0.400. The summed E-state index contributed by atoms with van der Waals surface area (Å²) in [5.74, 6) is 0.774. The molecular formula is C25H32N6O. The van der Waals surface area contributed by atoms with Gasteiger partial charge in [-0.1, -0.05) is 46.8 Å². The third-order valence-corrected chi connectivity index (χ3v) is 6.06. The van der Waals surface area contributed by atoms with Crippen LogP contribution >= 0.6 is 0 Å². The molecule has 3 heterocycles. The first-order valence-electron chi connectivity index (χ1n) is 11.1. The molecule has 0 aliphatic rings. The van der Waals surface area contributed by atoms with Crippen LogP contribution in [0.4, 0.5) is 5.82 Å². The Bertz CT molecular complexity index is 1290. The van der Waals surface area contributed by atoms with E-state index in [4.69, 9.17) is 5.73 Å². The van der Waals surface area contributed by atoms with E-state index in [9.17, 15) is 4.79 Å². The second kappa shape index (κ2) is 7.97. The molecule has 0 unspecified atom stereocenters. The van der Waals surface area contributed by atoms with Crippen molar-refractivity contribution >= 4 is 33.5 Å². The number of carbonyl (C=O) groups excluding carboxylic acids is 1. The van der Waals surface area contributed by atoms with Crippen LogP contribution in [0.25, 0.3) is 32.9 Å². The van der Waals surface area contributed by atoms with E-state index in [1.165, 1.54) is 0 Å². The molecule has 4 rings (SSSR count). The topological polar surface area (TPSA) is 102 Å². The van der Waals surface area contributed by atoms with Crippen molar-refractivity contribution in [1.29, 1.82) is 0 Å². The number of hydrogen-bond acceptors (Lipinski definition) is 4. The summed E-state index contributed by atoms with van der Waals surface area (Å²) in [7, 11) is 0. The summed E-state index contributed by atoms with van der Waals surface area (Å²) in [6.45, 7) is 13.9. The van der Waals surface area contributed by atoms with E-state index in [0.29, 0.717) is 17.0 Å². The van der Waals surface area contributed by atoms with E-state index >= 15 is 0 Å². The first-order chi connectivity index (χ1) is 15.0. The molecule has 0 bridgehead atoms. The van der Waals surface area contributed by atoms with Crippen LogP contribution in [-0.4, -0.2) is 31.7 Å². The number of benzene rings is 1. The maximum atomic E-state index is 12.1. The molecule has 4 N–H and O–H groups in total. The standard InChI is InChI=1S/C25H32N6O/c1-14(2)12-31-13-17(10-28-31)16-7-8-18-20(9-16)30-22-19(23(26)32)11-27-24(21(18)22)29-15(3)25(4,5)6/h7-11,13-15,30H,12H2,1-6H3,(H2,26,32)(H,27,29)/t15-/m0/s1. The SMILES string of the molecule is CC(C)Cn1cc(-c2ccc3c(c2)[nH]c2c(C(N)=O)cnc(N[C@@H](C)C(C)(C)C)c23)cn1. The number of hydrogen-bond donors (Lipinski definition) is 3. The third kappa shape index (κ3) is 4.07. The number of pyridine rings is 1. The maximum Gasteiger partial charge on any atom is 0.252 e. The molecule has 7 nitrogen and oxygen atoms in total. The Labute approximate surface area is 188 Å². The predicted molar refractivity (Wildman–Crippen MR) is 131 cm³/mol. The largest absolute Gasteiger partial charge is 0.367 e. The van der Waals surface area contributed by atoms with Gasteiger partial charge in [0.1, 0.15) is 5.82 Å². The van der Waals surface area contributed by atoms with Crippen molar-refractivity contribution in [2.45, 2.75) is 54.1 Å². The molecule has 168 valence electrons. The highest BCUT2D eigenvalue weighted by Gasteiger charge is 2.23. The van der Waals surface area contributed by atoms with Crippen molar-refractivity contribution in [1.82, 2.24) is 19.7 Å². The van der Waals surface area contributed by atoms with E-state index in [2.05, 4.69) is 86.3 Å². The lowest BCUT2D eigenvalue weighted by Gasteiger charge is -2.28. The van der Waals surface area contributed by atoms with Crippen LogP contribution in [0, 0.1) is 11.3 Å². The molecule has 0 aliphatic carbocycles. The van der Waals surface area contributed by atoms with Crippen molar-refractivity contribution in [3.8, 4) is 11.1 Å². The lowest BCUT2D eigenvalue weighted by molar-refractivity contribution is 0.100. The summed E-state index contributed by atoms with van der Waals surface area (Å²) < 4.78 is 1.97. The number of aromatic nitrogens is 4. The van der Waals surface area contributed by atoms with Gasteiger partial charge in [0.25, 0.3) is 5.91 Å². The third-order valence-electron chi connectivity index (χ3n) is 6.06. The molecule has 0 saturated heterocycles. The molecule has 4 aromatic rings. The van der Waals surface area contributed by atoms with Crippen LogP contribution in [0.5, 0.6) is 0 Å². The number of nitrogens with two attached hydrogens (primary N) is 1. The van der Waals surface area contributed by atoms with Gasteiger partial charge < -0.3 is 16.0 Å². The van der Waals surface area contributed by atoms with Gasteiger partial charge in [-0.05, 0) is 29.9 Å². The van der Waals surface area contributed by atoms with Crippen LogP contribution in [-0.2, 0) is 6.54 Å². The zero-order valence-corrected chi connectivity index (χ0v) is 19.7. The van der Waals surface area contributed by atoms with Gasteiger partial charge in [-0.15, -0.1) is 0 Å². The number of anilines is 1. The summed E-state index contributed by atoms with van der Waals surface area (Å²) in [6, 6.07) is 6.42. The number of carbonyl (C=O) groups is 1. The van der Waals surface area contributed by atoms with Crippen molar-refractivity contribution in [2.75, 3.05) is 5.32 Å². The summed E-state index contributed by atoms with van der Waals surface area (Å²) in [6.07, 6.45) is 5.51. The average Bonchev–Trinajstić information content (AvgIpc) is 3.30. The monoisotopic (exact) mass is 432 g/mol. The van der Waals surface area contributed by atoms with Crippen molar-refractivity contribution < 1.29 is 4.79 Å². The molecule has 7 heteroatoms. The Kier molecular flexibility index (Phi) is 5.44. The Morgan fingerprint density at radius 3 is 2.59 bits per heavy atom. The van der Waals surface area contributed by atoms with Crippen molar-refractivity contribution in [3.63, 3.8) is 0 Å². The minimum absolute atomic E-state index is 0.0474. The molecule has 32 heavy (non-hydrogen) atoms. The highest BCUT2D eigenvalue weighted by Crippen LogP contribution is 2.36. The number of amides is 1. The average molecular weight is 433 g/mol. The van der Waals surface area contributed by atoms with Crippen LogP contribution < -0.4 is 11.1 Å². The fourth-order valence-electron chi connectivity index (χ4n) is 3.79. The Balaban J connectivity index is 1.85. The molecule has 1 amide bonds. The van der Waals surface area contributed by atoms with Crippen LogP contribution in [0.3, 0.4) is 0 Å². The van der Waals surface area contributed by atoms with Gasteiger partial charge in [0.2, 0.25) is 0 Å². The van der Waals surface area contributed by atoms with Gasteiger partial charge in [-0.2, -0.15) is 5.10 Å². The van der Waals surface area contributed by atoms with Crippen LogP contribution in [0.2, 0.25) is 0 Å². The molecule has 0 radical (unpaired) electrons. The van der Waals surface area contributed by atoms with Gasteiger partial charge in [0.05, 0.1) is 22.7 Å². The first-order valence-corrected chi connectivity index (χ1v) is 11.1. The smallest absolute Gasteiger partial charge is 0.252 e. The van der Waals surface area contributed by atoms with E-state index in [0.717, 1.165) is 39.8 Å². The molecule has 3 aromatic heterocycles. The highest BCUT2D eigenvalue weighted by molar-refractivity contribution is 6.18. The summed E-state index contributed by atoms with van der Waals surface area (Å²) in [4.78, 5) is 20.1. The normalized spacial score (nSPS) is 13.2. The zero-order chi connectivity index (χ0) is 23.2. The number of primary amides is 1. The zero-order valence-electron chi connectivity index (χ0n) is 19.7. The molecule has 1 aromatic carbocycles. The van der Waals surface area contributed by atoms with E-state index in [-0.39, 0.29) is 11.5 Å². The van der Waals surface area contributed by atoms with E-state index in [1.807, 2.05) is 10.9 Å². The highest BCUT2D eigenvalue weighted by atomic mass is 16.1. The number of H-pyrrole nitrogens is 1. The second-order valence-corrected chi connectivity index (χ2v) is 10.1. The molecule has 0 aliphatic heterocycles. The van der Waals surface area contributed by atoms with Crippen molar-refractivity contribution in [3.05, 3.63) is 42.4 Å². The van der Waals surface area contributed by atoms with Gasteiger partial charge in [-0.25, -0.2) is 4.98 Å². The van der Waals surface area contributed by atoms with Crippen LogP contribution in [0.1, 0.15) is 51.9 Å². The number of nitrogens with zero attached hydrogens (tertiary/aromatic N) is 3. The number of fused-ring (bicyclic) bond motifs is 3. The molecule has 0 fully saturated rings. The maximum absolute atomic E-state index is 12.1. The Morgan fingerprint density at radius 1 is 1.19 bits per heavy atom. The minimum atomic E-state index is -0.500. The lowest BCUT2D eigenvalue weighted by Crippen LogP contribution is -2.31. The van der Waals surface area contributed by atoms with Gasteiger partial charge >= 0.3 is 0 Å². The lowest BCUT2D eigenvalue weighted by atomic mass is 9.88. The summed E-state index contributed by atoms with van der Waals surface area (Å²) in [5.41, 5.74) is 9.84. The first kappa shape index (κ1) is 21.9. The number of nitrogens with one attached hydrogen (secondary N) is 2. The number of aromatic amines is 1. The fourth-order valence-corrected chi connectivity index (χ4v) is 3.79. The molecule has 0 saturated carbocycles. The Hall–Kier alpha value is -3.35. The number of rotatable bonds is 6. The molecule has 0 spiro atoms. The Morgan fingerprint density at radius 2 is 1.94 bits per heavy atom. The van der Waals surface area contributed by atoms with Gasteiger partial charge in [-0.3, -0.25) is 9.48 Å². The van der Waals surface area contributed by atoms with Gasteiger partial charge in [0, 0.05) is 41.4 Å². The van der Waals surface area contributed by atoms with E-state index < -0.39 is 5.91 Å². The van der Waals surface area contributed by atoms with E-state index in [1.54, 1.807) is 6.20 Å².